The maximum absolute atomic E-state index is 11.9. The van der Waals surface area contributed by atoms with Crippen molar-refractivity contribution in [3.63, 3.8) is 0 Å². The molecule has 0 aliphatic heterocycles. The van der Waals surface area contributed by atoms with Crippen molar-refractivity contribution < 1.29 is 23.9 Å². The third-order valence-electron chi connectivity index (χ3n) is 6.56. The predicted molar refractivity (Wildman–Crippen MR) is 136 cm³/mol. The molecule has 0 amide bonds. The van der Waals surface area contributed by atoms with Crippen molar-refractivity contribution in [3.8, 4) is 0 Å². The lowest BCUT2D eigenvalue weighted by atomic mass is 10.0. The van der Waals surface area contributed by atoms with E-state index < -0.39 is 5.97 Å². The van der Waals surface area contributed by atoms with Crippen LogP contribution in [-0.2, 0) is 14.3 Å². The highest BCUT2D eigenvalue weighted by molar-refractivity contribution is 5.69. The number of quaternary nitrogens is 1. The summed E-state index contributed by atoms with van der Waals surface area (Å²) >= 11 is 0. The Hall–Kier alpha value is -1.10. The van der Waals surface area contributed by atoms with Gasteiger partial charge in [0.1, 0.15) is 6.54 Å². The lowest BCUT2D eigenvalue weighted by Crippen LogP contribution is -2.47. The molecule has 0 saturated carbocycles. The third-order valence-corrected chi connectivity index (χ3v) is 6.56. The van der Waals surface area contributed by atoms with Gasteiger partial charge >= 0.3 is 5.97 Å². The monoisotopic (exact) mass is 469 g/mol. The Kier molecular flexibility index (Phi) is 20.7. The van der Waals surface area contributed by atoms with Crippen LogP contribution in [-0.4, -0.2) is 49.7 Å². The minimum atomic E-state index is -0.979. The van der Waals surface area contributed by atoms with Crippen LogP contribution in [0, 0.1) is 0 Å². The fourth-order valence-corrected chi connectivity index (χ4v) is 4.47. The van der Waals surface area contributed by atoms with Gasteiger partial charge in [0.25, 0.3) is 0 Å². The fourth-order valence-electron chi connectivity index (χ4n) is 4.47. The van der Waals surface area contributed by atoms with E-state index in [1.54, 1.807) is 0 Å². The van der Waals surface area contributed by atoms with Gasteiger partial charge in [0.2, 0.25) is 0 Å². The van der Waals surface area contributed by atoms with Crippen LogP contribution in [0.4, 0.5) is 0 Å². The number of rotatable bonds is 24. The highest BCUT2D eigenvalue weighted by Crippen LogP contribution is 2.16. The van der Waals surface area contributed by atoms with Gasteiger partial charge in [-0.05, 0) is 32.1 Å². The summed E-state index contributed by atoms with van der Waals surface area (Å²) < 4.78 is 6.48. The molecule has 0 bridgehead atoms. The molecule has 0 radical (unpaired) electrons. The number of esters is 1. The molecule has 0 aromatic carbocycles. The number of hydrogen-bond acceptors (Lipinski definition) is 4. The number of likely N-dealkylation sites (N-methyl/N-ethyl adjacent to an activating group) is 1. The highest BCUT2D eigenvalue weighted by Gasteiger charge is 2.24. The zero-order valence-electron chi connectivity index (χ0n) is 22.5. The first-order chi connectivity index (χ1) is 15.8. The number of carboxylic acid groups (broad SMARTS) is 1. The highest BCUT2D eigenvalue weighted by atomic mass is 16.5. The molecule has 5 nitrogen and oxygen atoms in total. The molecule has 0 saturated heterocycles. The summed E-state index contributed by atoms with van der Waals surface area (Å²) in [6.07, 6.45) is 21.7. The molecule has 0 aliphatic rings. The van der Waals surface area contributed by atoms with E-state index in [1.165, 1.54) is 83.5 Å². The summed E-state index contributed by atoms with van der Waals surface area (Å²) in [6.45, 7) is 5.78. The van der Waals surface area contributed by atoms with Crippen LogP contribution in [0.1, 0.15) is 136 Å². The van der Waals surface area contributed by atoms with E-state index in [-0.39, 0.29) is 18.5 Å². The molecule has 0 heterocycles. The number of aliphatic carboxylic acids is 1. The molecule has 0 rings (SSSR count). The van der Waals surface area contributed by atoms with Gasteiger partial charge in [-0.15, -0.1) is 0 Å². The van der Waals surface area contributed by atoms with Gasteiger partial charge < -0.3 is 19.1 Å². The molecule has 0 aromatic rings. The fraction of sp³-hybridized carbons (Fsp3) is 0.929. The Morgan fingerprint density at radius 2 is 1.21 bits per heavy atom. The van der Waals surface area contributed by atoms with Crippen molar-refractivity contribution in [1.29, 1.82) is 0 Å². The van der Waals surface area contributed by atoms with Crippen LogP contribution >= 0.6 is 0 Å². The van der Waals surface area contributed by atoms with E-state index in [0.29, 0.717) is 12.8 Å². The molecular formula is C28H55NO4. The first-order valence-electron chi connectivity index (χ1n) is 14.0. The molecule has 33 heavy (non-hydrogen) atoms. The zero-order chi connectivity index (χ0) is 24.8. The summed E-state index contributed by atoms with van der Waals surface area (Å²) in [5, 5.41) is 10.6. The van der Waals surface area contributed by atoms with Crippen LogP contribution in [0.15, 0.2) is 0 Å². The smallest absolute Gasteiger partial charge is 0.305 e. The largest absolute Gasteiger partial charge is 0.550 e. The lowest BCUT2D eigenvalue weighted by molar-refractivity contribution is -0.893. The Morgan fingerprint density at radius 3 is 1.67 bits per heavy atom. The number of hydrogen-bond donors (Lipinski definition) is 0. The average Bonchev–Trinajstić information content (AvgIpc) is 2.76. The maximum Gasteiger partial charge on any atom is 0.305 e. The second-order valence-electron chi connectivity index (χ2n) is 10.5. The van der Waals surface area contributed by atoms with Crippen LogP contribution in [0.3, 0.4) is 0 Å². The topological polar surface area (TPSA) is 66.4 Å². The molecule has 5 heteroatoms. The summed E-state index contributed by atoms with van der Waals surface area (Å²) in [7, 11) is 4.27. The summed E-state index contributed by atoms with van der Waals surface area (Å²) in [6, 6.07) is 0. The number of unbranched alkanes of at least 4 members (excludes halogenated alkanes) is 14. The Balaban J connectivity index is 3.93. The normalized spacial score (nSPS) is 12.6. The number of ether oxygens (including phenoxy) is 1. The summed E-state index contributed by atoms with van der Waals surface area (Å²) in [4.78, 5) is 22.5. The quantitative estimate of drug-likeness (QED) is 0.0962. The standard InChI is InChI=1S/C28H55NO4/c1-5-7-8-9-10-11-12-13-14-15-16-17-18-19-22-26(33-28(32)6-2)25-29(3,4)24-21-20-23-27(30)31/h26H,5-25H2,1-4H3. The van der Waals surface area contributed by atoms with Gasteiger partial charge in [0.05, 0.1) is 20.6 Å². The van der Waals surface area contributed by atoms with E-state index in [2.05, 4.69) is 21.0 Å². The number of carboxylic acids is 1. The van der Waals surface area contributed by atoms with Crippen molar-refractivity contribution >= 4 is 11.9 Å². The first kappa shape index (κ1) is 31.9. The number of nitrogens with zero attached hydrogens (tertiary/aromatic N) is 1. The zero-order valence-corrected chi connectivity index (χ0v) is 22.5. The van der Waals surface area contributed by atoms with Crippen molar-refractivity contribution in [3.05, 3.63) is 0 Å². The molecule has 0 spiro atoms. The van der Waals surface area contributed by atoms with Crippen molar-refractivity contribution in [2.75, 3.05) is 27.2 Å². The van der Waals surface area contributed by atoms with E-state index >= 15 is 0 Å². The van der Waals surface area contributed by atoms with Crippen LogP contribution < -0.4 is 5.11 Å². The van der Waals surface area contributed by atoms with E-state index in [9.17, 15) is 14.7 Å². The number of carbonyl (C=O) groups excluding carboxylic acids is 2. The Morgan fingerprint density at radius 1 is 0.727 bits per heavy atom. The summed E-state index contributed by atoms with van der Waals surface area (Å²) in [5.41, 5.74) is 0. The minimum Gasteiger partial charge on any atom is -0.550 e. The molecule has 0 N–H and O–H groups in total. The SMILES string of the molecule is CCCCCCCCCCCCCCCCC(C[N+](C)(C)CCCCC(=O)[O-])OC(=O)CC. The van der Waals surface area contributed by atoms with Crippen molar-refractivity contribution in [2.45, 2.75) is 142 Å². The van der Waals surface area contributed by atoms with Gasteiger partial charge in [-0.2, -0.15) is 0 Å². The second kappa shape index (κ2) is 21.4. The third kappa shape index (κ3) is 22.5. The van der Waals surface area contributed by atoms with Gasteiger partial charge in [-0.25, -0.2) is 0 Å². The van der Waals surface area contributed by atoms with Gasteiger partial charge in [0.15, 0.2) is 6.10 Å². The lowest BCUT2D eigenvalue weighted by Gasteiger charge is -2.33. The predicted octanol–water partition coefficient (Wildman–Crippen LogP) is 6.18. The molecule has 196 valence electrons. The Bertz CT molecular complexity index is 479. The van der Waals surface area contributed by atoms with Gasteiger partial charge in [-0.3, -0.25) is 4.79 Å². The van der Waals surface area contributed by atoms with Crippen LogP contribution in [0.2, 0.25) is 0 Å². The van der Waals surface area contributed by atoms with E-state index in [4.69, 9.17) is 4.74 Å². The molecule has 1 atom stereocenters. The van der Waals surface area contributed by atoms with Gasteiger partial charge in [0, 0.05) is 12.4 Å². The Labute approximate surface area is 205 Å². The molecule has 1 unspecified atom stereocenters. The molecule has 0 fully saturated rings. The van der Waals surface area contributed by atoms with E-state index in [1.807, 2.05) is 6.92 Å². The van der Waals surface area contributed by atoms with Crippen LogP contribution in [0.25, 0.3) is 0 Å². The molecular weight excluding hydrogens is 414 g/mol. The van der Waals surface area contributed by atoms with Crippen molar-refractivity contribution in [1.82, 2.24) is 0 Å². The van der Waals surface area contributed by atoms with Gasteiger partial charge in [-0.1, -0.05) is 97.3 Å². The summed E-state index contributed by atoms with van der Waals surface area (Å²) in [5.74, 6) is -1.10. The van der Waals surface area contributed by atoms with Crippen LogP contribution in [0.5, 0.6) is 0 Å². The van der Waals surface area contributed by atoms with Crippen molar-refractivity contribution in [2.24, 2.45) is 0 Å². The maximum atomic E-state index is 11.9. The molecule has 0 aromatic heterocycles. The molecule has 0 aliphatic carbocycles. The first-order valence-corrected chi connectivity index (χ1v) is 14.0. The second-order valence-corrected chi connectivity index (χ2v) is 10.5. The number of carbonyl (C=O) groups is 2. The minimum absolute atomic E-state index is 0.0501. The van der Waals surface area contributed by atoms with E-state index in [0.717, 1.165) is 36.8 Å². The average molecular weight is 470 g/mol.